The summed E-state index contributed by atoms with van der Waals surface area (Å²) in [5, 5.41) is -0.914. The summed E-state index contributed by atoms with van der Waals surface area (Å²) >= 11 is 0. The molecule has 0 spiro atoms. The predicted molar refractivity (Wildman–Crippen MR) is 278 cm³/mol. The van der Waals surface area contributed by atoms with E-state index < -0.39 is 58.4 Å². The Labute approximate surface area is 416 Å². The number of nitrogen functional groups attached to an aromatic ring is 1. The number of sulfonamides is 1. The molecule has 2 fully saturated rings. The average molecular weight is 1050 g/mol. The fraction of sp³-hybridized carbons (Fsp3) is 0.500. The van der Waals surface area contributed by atoms with Gasteiger partial charge in [-0.25, -0.2) is 36.4 Å². The van der Waals surface area contributed by atoms with Gasteiger partial charge in [-0.2, -0.15) is 0 Å². The fourth-order valence-electron chi connectivity index (χ4n) is 6.37. The van der Waals surface area contributed by atoms with Gasteiger partial charge in [0.2, 0.25) is 19.1 Å². The van der Waals surface area contributed by atoms with Crippen molar-refractivity contribution in [1.82, 2.24) is 19.8 Å². The third-order valence-corrected chi connectivity index (χ3v) is 25.3. The summed E-state index contributed by atoms with van der Waals surface area (Å²) in [5.41, 5.74) is 7.34. The van der Waals surface area contributed by atoms with Crippen molar-refractivity contribution >= 4 is 70.2 Å². The van der Waals surface area contributed by atoms with Crippen molar-refractivity contribution in [3.8, 4) is 11.5 Å². The minimum Gasteiger partial charge on any atom is -0.542 e. The Balaban J connectivity index is 0.000000250. The number of ether oxygens (including phenoxy) is 2. The highest BCUT2D eigenvalue weighted by Gasteiger charge is 2.40. The molecule has 0 radical (unpaired) electrons. The Morgan fingerprint density at radius 1 is 0.638 bits per heavy atom. The maximum Gasteiger partial charge on any atom is 0.410 e. The van der Waals surface area contributed by atoms with Crippen molar-refractivity contribution in [2.24, 2.45) is 0 Å². The molecule has 3 N–H and O–H groups in total. The van der Waals surface area contributed by atoms with Crippen LogP contribution in [0, 0.1) is 0 Å². The lowest BCUT2D eigenvalue weighted by Crippen LogP contribution is -2.44. The van der Waals surface area contributed by atoms with Gasteiger partial charge >= 0.3 is 12.2 Å². The molecule has 2 saturated heterocycles. The largest absolute Gasteiger partial charge is 0.542 e. The summed E-state index contributed by atoms with van der Waals surface area (Å²) in [6.45, 7) is 23.6. The topological polar surface area (TPSA) is 210 Å². The number of anilines is 2. The van der Waals surface area contributed by atoms with E-state index in [1.807, 2.05) is 66.7 Å². The van der Waals surface area contributed by atoms with E-state index in [0.29, 0.717) is 63.4 Å². The molecule has 380 valence electrons. The van der Waals surface area contributed by atoms with Crippen molar-refractivity contribution in [2.45, 2.75) is 127 Å². The highest BCUT2D eigenvalue weighted by Crippen LogP contribution is 2.38. The molecule has 16 nitrogen and oxygen atoms in total. The minimum absolute atomic E-state index is 0.0517. The van der Waals surface area contributed by atoms with Crippen LogP contribution in [0.4, 0.5) is 21.2 Å². The summed E-state index contributed by atoms with van der Waals surface area (Å²) in [6.07, 6.45) is 3.79. The molecule has 2 aromatic carbocycles. The van der Waals surface area contributed by atoms with Crippen molar-refractivity contribution in [1.29, 1.82) is 0 Å². The van der Waals surface area contributed by atoms with Crippen LogP contribution in [0.25, 0.3) is 0 Å². The molecule has 2 amide bonds. The molecule has 4 aromatic rings. The molecule has 69 heavy (non-hydrogen) atoms. The van der Waals surface area contributed by atoms with Gasteiger partial charge < -0.3 is 33.9 Å². The quantitative estimate of drug-likeness (QED) is 0.100. The first-order valence-electron chi connectivity index (χ1n) is 23.0. The monoisotopic (exact) mass is 1050 g/mol. The predicted octanol–water partition coefficient (Wildman–Crippen LogP) is 10.4. The second-order valence-corrected chi connectivity index (χ2v) is 34.4. The maximum atomic E-state index is 12.9. The van der Waals surface area contributed by atoms with Crippen LogP contribution in [0.15, 0.2) is 97.3 Å². The summed E-state index contributed by atoms with van der Waals surface area (Å²) in [7, 11) is -5.60. The zero-order valence-electron chi connectivity index (χ0n) is 41.6. The first-order valence-corrected chi connectivity index (χ1v) is 32.7. The standard InChI is InChI=1S/C24H35N3O5SSi.C13H16ClNO4S.C11H20N2OSi/c1-24(2,3)34(4,5)32-20-11-12-22(25-17-20)26-33(29,30)21-13-15-27(16-14-21)23(28)31-18-19-9-7-6-8-10-19;14-20(17,18)12-6-8-15(9-7-12)13(16)19-10-11-4-2-1-3-5-11;1-11(2,3)15(4,5)14-9-6-7-10(12)13-8-9/h6-12,17,21H,13-16,18H2,1-5H3,(H,25,26);1-5,12H,6-10H2;6-8H,1-5H3,(H2,12,13). The fourth-order valence-corrected chi connectivity index (χ4v) is 11.1. The molecule has 0 saturated carbocycles. The third-order valence-electron chi connectivity index (χ3n) is 12.7. The van der Waals surface area contributed by atoms with Crippen molar-refractivity contribution in [3.05, 3.63) is 108 Å². The first kappa shape index (κ1) is 56.7. The maximum absolute atomic E-state index is 12.9. The lowest BCUT2D eigenvalue weighted by molar-refractivity contribution is 0.0892. The van der Waals surface area contributed by atoms with Crippen LogP contribution >= 0.6 is 10.7 Å². The number of nitrogens with two attached hydrogens (primary N) is 1. The van der Waals surface area contributed by atoms with E-state index in [4.69, 9.17) is 34.7 Å². The number of nitrogens with zero attached hydrogens (tertiary/aromatic N) is 4. The van der Waals surface area contributed by atoms with Gasteiger partial charge in [0.15, 0.2) is 0 Å². The van der Waals surface area contributed by atoms with Crippen LogP contribution in [0.3, 0.4) is 0 Å². The second-order valence-electron chi connectivity index (χ2n) is 20.1. The van der Waals surface area contributed by atoms with Crippen LogP contribution in [-0.4, -0.2) is 102 Å². The molecule has 0 atom stereocenters. The molecule has 6 rings (SSSR count). The van der Waals surface area contributed by atoms with Gasteiger partial charge in [-0.05, 0) is 97.3 Å². The molecule has 0 bridgehead atoms. The Kier molecular flexibility index (Phi) is 20.0. The molecule has 21 heteroatoms. The molecular weight excluding hydrogens is 976 g/mol. The summed E-state index contributed by atoms with van der Waals surface area (Å²) < 4.78 is 73.5. The van der Waals surface area contributed by atoms with Crippen LogP contribution in [-0.2, 0) is 41.8 Å². The van der Waals surface area contributed by atoms with Gasteiger partial charge in [0, 0.05) is 36.9 Å². The SMILES string of the molecule is CC(C)(C)[Si](C)(C)Oc1ccc(N)nc1.CC(C)(C)[Si](C)(C)Oc1ccc(NS(=O)(=O)C2CCN(C(=O)OCc3ccccc3)CC2)nc1.O=C(OCc1ccccc1)N1CCC(S(=O)(=O)Cl)CC1. The van der Waals surface area contributed by atoms with E-state index in [2.05, 4.69) is 82.4 Å². The Morgan fingerprint density at radius 2 is 1.03 bits per heavy atom. The first-order chi connectivity index (χ1) is 32.1. The molecule has 2 aliphatic heterocycles. The van der Waals surface area contributed by atoms with Crippen LogP contribution in [0.2, 0.25) is 36.3 Å². The van der Waals surface area contributed by atoms with Gasteiger partial charge in [-0.3, -0.25) is 4.72 Å². The number of rotatable bonds is 12. The van der Waals surface area contributed by atoms with E-state index in [0.717, 1.165) is 16.9 Å². The van der Waals surface area contributed by atoms with Gasteiger partial charge in [-0.15, -0.1) is 0 Å². The Hall–Kier alpha value is -4.90. The van der Waals surface area contributed by atoms with Crippen LogP contribution in [0.5, 0.6) is 11.5 Å². The zero-order chi connectivity index (χ0) is 51.3. The average Bonchev–Trinajstić information content (AvgIpc) is 3.29. The number of pyridine rings is 2. The Morgan fingerprint density at radius 3 is 1.38 bits per heavy atom. The van der Waals surface area contributed by atoms with Gasteiger partial charge in [0.05, 0.1) is 22.9 Å². The van der Waals surface area contributed by atoms with E-state index in [9.17, 15) is 26.4 Å². The van der Waals surface area contributed by atoms with Crippen LogP contribution < -0.4 is 19.3 Å². The number of benzene rings is 2. The van der Waals surface area contributed by atoms with Gasteiger partial charge in [-0.1, -0.05) is 102 Å². The van der Waals surface area contributed by atoms with Crippen molar-refractivity contribution in [3.63, 3.8) is 0 Å². The zero-order valence-corrected chi connectivity index (χ0v) is 46.0. The van der Waals surface area contributed by atoms with E-state index in [-0.39, 0.29) is 29.1 Å². The lowest BCUT2D eigenvalue weighted by atomic mass is 10.1. The minimum atomic E-state index is -3.64. The molecule has 0 unspecified atom stereocenters. The van der Waals surface area contributed by atoms with E-state index >= 15 is 0 Å². The molecule has 2 aromatic heterocycles. The van der Waals surface area contributed by atoms with E-state index in [1.54, 1.807) is 35.5 Å². The van der Waals surface area contributed by atoms with Crippen molar-refractivity contribution < 1.29 is 44.8 Å². The third kappa shape index (κ3) is 18.1. The molecule has 2 aliphatic rings. The van der Waals surface area contributed by atoms with Gasteiger partial charge in [0.25, 0.3) is 16.6 Å². The summed E-state index contributed by atoms with van der Waals surface area (Å²) in [4.78, 5) is 35.5. The number of nitrogens with one attached hydrogen (secondary N) is 1. The molecule has 0 aliphatic carbocycles. The summed E-state index contributed by atoms with van der Waals surface area (Å²) in [6, 6.07) is 25.8. The van der Waals surface area contributed by atoms with Gasteiger partial charge in [0.1, 0.15) is 36.3 Å². The van der Waals surface area contributed by atoms with Crippen molar-refractivity contribution in [2.75, 3.05) is 36.6 Å². The number of hydrogen-bond donors (Lipinski definition) is 2. The van der Waals surface area contributed by atoms with E-state index in [1.165, 1.54) is 4.90 Å². The number of likely N-dealkylation sites (tertiary alicyclic amines) is 2. The number of aromatic nitrogens is 2. The normalized spacial score (nSPS) is 15.3. The number of carbonyl (C=O) groups excluding carboxylic acids is 2. The number of piperidine rings is 2. The molecule has 4 heterocycles. The number of halogens is 1. The number of amides is 2. The smallest absolute Gasteiger partial charge is 0.410 e. The second kappa shape index (κ2) is 24.3. The van der Waals surface area contributed by atoms with Crippen LogP contribution in [0.1, 0.15) is 78.4 Å². The lowest BCUT2D eigenvalue weighted by Gasteiger charge is -2.36. The summed E-state index contributed by atoms with van der Waals surface area (Å²) in [5.74, 6) is 2.23. The Bertz CT molecular complexity index is 2460. The highest BCUT2D eigenvalue weighted by molar-refractivity contribution is 8.14. The number of carbonyl (C=O) groups is 2. The highest BCUT2D eigenvalue weighted by atomic mass is 35.7. The number of hydrogen-bond acceptors (Lipinski definition) is 13. The molecular formula is C48H71ClN6O10S2Si2.